The zero-order valence-corrected chi connectivity index (χ0v) is 9.55. The lowest BCUT2D eigenvalue weighted by atomic mass is 10.1. The Morgan fingerprint density at radius 1 is 1.29 bits per heavy atom. The summed E-state index contributed by atoms with van der Waals surface area (Å²) in [5.74, 6) is 0. The van der Waals surface area contributed by atoms with Gasteiger partial charge in [0.25, 0.3) is 0 Å². The van der Waals surface area contributed by atoms with Crippen molar-refractivity contribution in [2.75, 3.05) is 6.61 Å². The van der Waals surface area contributed by atoms with Gasteiger partial charge in [0.1, 0.15) is 0 Å². The Bertz CT molecular complexity index is 163. The molecule has 0 atom stereocenters. The molecule has 0 saturated heterocycles. The summed E-state index contributed by atoms with van der Waals surface area (Å²) in [5.41, 5.74) is -0.288. The van der Waals surface area contributed by atoms with E-state index in [1.54, 1.807) is 0 Å². The molecule has 0 aliphatic heterocycles. The molecule has 0 radical (unpaired) electrons. The predicted octanol–water partition coefficient (Wildman–Crippen LogP) is 2.63. The number of nitrogens with one attached hydrogen (secondary N) is 1. The van der Waals surface area contributed by atoms with E-state index < -0.39 is 6.09 Å². The highest BCUT2D eigenvalue weighted by atomic mass is 17.2. The zero-order valence-electron chi connectivity index (χ0n) is 9.55. The van der Waals surface area contributed by atoms with E-state index in [0.29, 0.717) is 6.61 Å². The molecule has 84 valence electrons. The molecule has 0 aromatic carbocycles. The average molecular weight is 203 g/mol. The molecule has 0 fully saturated rings. The molecule has 4 nitrogen and oxygen atoms in total. The normalized spacial score (nSPS) is 11.1. The third kappa shape index (κ3) is 9.32. The van der Waals surface area contributed by atoms with E-state index in [2.05, 4.69) is 17.1 Å². The van der Waals surface area contributed by atoms with Crippen LogP contribution in [0.5, 0.6) is 0 Å². The second-order valence-corrected chi connectivity index (χ2v) is 4.27. The van der Waals surface area contributed by atoms with E-state index in [-0.39, 0.29) is 5.54 Å². The first-order valence-corrected chi connectivity index (χ1v) is 5.07. The lowest BCUT2D eigenvalue weighted by molar-refractivity contribution is -0.239. The van der Waals surface area contributed by atoms with E-state index in [0.717, 1.165) is 19.3 Å². The van der Waals surface area contributed by atoms with Crippen LogP contribution in [0.25, 0.3) is 0 Å². The van der Waals surface area contributed by atoms with Crippen LogP contribution in [0.2, 0.25) is 0 Å². The van der Waals surface area contributed by atoms with Crippen LogP contribution >= 0.6 is 0 Å². The van der Waals surface area contributed by atoms with Crippen LogP contribution in [0.15, 0.2) is 0 Å². The van der Waals surface area contributed by atoms with E-state index >= 15 is 0 Å². The van der Waals surface area contributed by atoms with Crippen molar-refractivity contribution in [3.63, 3.8) is 0 Å². The fourth-order valence-electron chi connectivity index (χ4n) is 0.833. The molecule has 0 rings (SSSR count). The minimum Gasteiger partial charge on any atom is -0.315 e. The van der Waals surface area contributed by atoms with Gasteiger partial charge in [-0.3, -0.25) is 4.89 Å². The van der Waals surface area contributed by atoms with Crippen LogP contribution in [0.3, 0.4) is 0 Å². The van der Waals surface area contributed by atoms with Gasteiger partial charge in [-0.15, -0.1) is 0 Å². The number of hydrogen-bond acceptors (Lipinski definition) is 3. The van der Waals surface area contributed by atoms with Crippen molar-refractivity contribution in [2.45, 2.75) is 52.5 Å². The topological polar surface area (TPSA) is 47.6 Å². The molecule has 0 aromatic rings. The van der Waals surface area contributed by atoms with Gasteiger partial charge < -0.3 is 5.32 Å². The molecule has 0 aliphatic rings. The van der Waals surface area contributed by atoms with Gasteiger partial charge in [0.05, 0.1) is 6.61 Å². The predicted molar refractivity (Wildman–Crippen MR) is 54.8 cm³/mol. The van der Waals surface area contributed by atoms with Crippen LogP contribution < -0.4 is 5.32 Å². The summed E-state index contributed by atoms with van der Waals surface area (Å²) < 4.78 is 0. The van der Waals surface area contributed by atoms with Crippen molar-refractivity contribution in [3.05, 3.63) is 0 Å². The minimum atomic E-state index is -0.533. The average Bonchev–Trinajstić information content (AvgIpc) is 2.00. The lowest BCUT2D eigenvalue weighted by Crippen LogP contribution is -2.40. The summed E-state index contributed by atoms with van der Waals surface area (Å²) in [5, 5.41) is 2.62. The van der Waals surface area contributed by atoms with Crippen molar-refractivity contribution in [2.24, 2.45) is 0 Å². The minimum absolute atomic E-state index is 0.288. The Balaban J connectivity index is 3.36. The van der Waals surface area contributed by atoms with Crippen LogP contribution in [0.1, 0.15) is 47.0 Å². The number of carbonyl (C=O) groups is 1. The number of hydrogen-bond donors (Lipinski definition) is 1. The first kappa shape index (κ1) is 13.2. The maximum absolute atomic E-state index is 11.0. The van der Waals surface area contributed by atoms with Crippen LogP contribution in [0.4, 0.5) is 4.79 Å². The van der Waals surface area contributed by atoms with Gasteiger partial charge in [0, 0.05) is 5.54 Å². The maximum Gasteiger partial charge on any atom is 0.439 e. The smallest absolute Gasteiger partial charge is 0.315 e. The molecule has 0 unspecified atom stereocenters. The van der Waals surface area contributed by atoms with Crippen LogP contribution in [-0.4, -0.2) is 18.2 Å². The Kier molecular flexibility index (Phi) is 6.28. The molecule has 0 bridgehead atoms. The van der Waals surface area contributed by atoms with Gasteiger partial charge in [-0.1, -0.05) is 19.8 Å². The Hall–Kier alpha value is -0.770. The van der Waals surface area contributed by atoms with Crippen molar-refractivity contribution in [3.8, 4) is 0 Å². The number of carbonyl (C=O) groups excluding carboxylic acids is 1. The third-order valence-corrected chi connectivity index (χ3v) is 1.44. The second-order valence-electron chi connectivity index (χ2n) is 4.27. The van der Waals surface area contributed by atoms with E-state index in [1.807, 2.05) is 20.8 Å². The van der Waals surface area contributed by atoms with Crippen LogP contribution in [0, 0.1) is 0 Å². The Morgan fingerprint density at radius 3 is 2.43 bits per heavy atom. The number of rotatable bonds is 5. The largest absolute Gasteiger partial charge is 0.439 e. The molecule has 0 aliphatic carbocycles. The molecule has 0 saturated carbocycles. The summed E-state index contributed by atoms with van der Waals surface area (Å²) in [6, 6.07) is 0. The van der Waals surface area contributed by atoms with Crippen molar-refractivity contribution in [1.29, 1.82) is 0 Å². The molecule has 4 heteroatoms. The second kappa shape index (κ2) is 6.65. The third-order valence-electron chi connectivity index (χ3n) is 1.44. The summed E-state index contributed by atoms with van der Waals surface area (Å²) in [6.07, 6.45) is 2.59. The van der Waals surface area contributed by atoms with Crippen molar-refractivity contribution >= 4 is 6.09 Å². The number of amides is 1. The molecule has 1 amide bonds. The highest BCUT2D eigenvalue weighted by Crippen LogP contribution is 2.00. The summed E-state index contributed by atoms with van der Waals surface area (Å²) in [4.78, 5) is 20.3. The molecule has 0 heterocycles. The van der Waals surface area contributed by atoms with Crippen molar-refractivity contribution in [1.82, 2.24) is 5.32 Å². The van der Waals surface area contributed by atoms with E-state index in [1.165, 1.54) is 0 Å². The first-order chi connectivity index (χ1) is 6.45. The first-order valence-electron chi connectivity index (χ1n) is 5.07. The zero-order chi connectivity index (χ0) is 11.0. The fraction of sp³-hybridized carbons (Fsp3) is 0.900. The highest BCUT2D eigenvalue weighted by molar-refractivity contribution is 5.67. The standard InChI is InChI=1S/C10H21NO3/c1-5-6-7-8-13-14-9(12)11-10(2,3)4/h5-8H2,1-4H3,(H,11,12). The molecule has 1 N–H and O–H groups in total. The highest BCUT2D eigenvalue weighted by Gasteiger charge is 2.14. The Labute approximate surface area is 85.9 Å². The fourth-order valence-corrected chi connectivity index (χ4v) is 0.833. The quantitative estimate of drug-likeness (QED) is 0.424. The summed E-state index contributed by atoms with van der Waals surface area (Å²) in [7, 11) is 0. The molecule has 14 heavy (non-hydrogen) atoms. The van der Waals surface area contributed by atoms with Crippen LogP contribution in [-0.2, 0) is 9.78 Å². The van der Waals surface area contributed by atoms with Gasteiger partial charge in [-0.2, -0.15) is 4.89 Å². The van der Waals surface area contributed by atoms with Gasteiger partial charge in [0.2, 0.25) is 0 Å². The lowest BCUT2D eigenvalue weighted by Gasteiger charge is -2.18. The monoisotopic (exact) mass is 203 g/mol. The summed E-state index contributed by atoms with van der Waals surface area (Å²) >= 11 is 0. The summed E-state index contributed by atoms with van der Waals surface area (Å²) in [6.45, 7) is 8.21. The van der Waals surface area contributed by atoms with Crippen molar-refractivity contribution < 1.29 is 14.6 Å². The van der Waals surface area contributed by atoms with Gasteiger partial charge in [0.15, 0.2) is 0 Å². The molecular weight excluding hydrogens is 182 g/mol. The Morgan fingerprint density at radius 2 is 1.93 bits per heavy atom. The SMILES string of the molecule is CCCCCOOC(=O)NC(C)(C)C. The van der Waals surface area contributed by atoms with Gasteiger partial charge in [-0.25, -0.2) is 4.79 Å². The molecule has 0 aromatic heterocycles. The number of unbranched alkanes of at least 4 members (excludes halogenated alkanes) is 2. The molecule has 0 spiro atoms. The van der Waals surface area contributed by atoms with Gasteiger partial charge in [-0.05, 0) is 27.2 Å². The van der Waals surface area contributed by atoms with E-state index in [4.69, 9.17) is 4.89 Å². The van der Waals surface area contributed by atoms with Gasteiger partial charge >= 0.3 is 6.09 Å². The maximum atomic E-state index is 11.0. The van der Waals surface area contributed by atoms with E-state index in [9.17, 15) is 4.79 Å². The molecular formula is C10H21NO3.